The zero-order valence-corrected chi connectivity index (χ0v) is 10.6. The van der Waals surface area contributed by atoms with E-state index in [4.69, 9.17) is 0 Å². The van der Waals surface area contributed by atoms with E-state index in [0.717, 1.165) is 6.54 Å². The Morgan fingerprint density at radius 2 is 1.73 bits per heavy atom. The zero-order valence-electron chi connectivity index (χ0n) is 10.6. The summed E-state index contributed by atoms with van der Waals surface area (Å²) in [5, 5.41) is 0. The zero-order chi connectivity index (χ0) is 11.7. The maximum absolute atomic E-state index is 2.25. The first-order chi connectivity index (χ1) is 7.24. The second-order valence-corrected chi connectivity index (χ2v) is 3.27. The molecule has 0 aliphatic heterocycles. The Kier molecular flexibility index (Phi) is 7.43. The van der Waals surface area contributed by atoms with Crippen LogP contribution in [-0.2, 0) is 6.54 Å². The lowest BCUT2D eigenvalue weighted by Gasteiger charge is -2.19. The van der Waals surface area contributed by atoms with E-state index in [1.165, 1.54) is 11.3 Å². The van der Waals surface area contributed by atoms with Gasteiger partial charge in [0.15, 0.2) is 0 Å². The summed E-state index contributed by atoms with van der Waals surface area (Å²) in [5.41, 5.74) is 2.66. The van der Waals surface area contributed by atoms with Gasteiger partial charge in [0.05, 0.1) is 0 Å². The number of hydrogen-bond acceptors (Lipinski definition) is 1. The molecule has 1 aromatic rings. The van der Waals surface area contributed by atoms with Crippen LogP contribution in [0.25, 0.3) is 0 Å². The van der Waals surface area contributed by atoms with E-state index < -0.39 is 0 Å². The van der Waals surface area contributed by atoms with Crippen molar-refractivity contribution in [3.05, 3.63) is 47.7 Å². The molecule has 0 heterocycles. The quantitative estimate of drug-likeness (QED) is 0.719. The van der Waals surface area contributed by atoms with Gasteiger partial charge in [-0.05, 0) is 19.4 Å². The van der Waals surface area contributed by atoms with Gasteiger partial charge in [0.2, 0.25) is 0 Å². The van der Waals surface area contributed by atoms with Crippen molar-refractivity contribution in [2.24, 2.45) is 0 Å². The van der Waals surface area contributed by atoms with Gasteiger partial charge in [0.25, 0.3) is 0 Å². The predicted octanol–water partition coefficient (Wildman–Crippen LogP) is 4.07. The van der Waals surface area contributed by atoms with Crippen molar-refractivity contribution in [2.45, 2.75) is 34.2 Å². The highest BCUT2D eigenvalue weighted by Gasteiger charge is 1.98. The molecule has 1 aromatic carbocycles. The standard InChI is InChI=1S/C12H17N.C2H6/c1-4-11(2)13(3)10-12-8-6-5-7-9-12;1-2/h4-9H,10H2,1-3H3;1-2H3/b11-4+;. The van der Waals surface area contributed by atoms with Gasteiger partial charge in [-0.1, -0.05) is 50.3 Å². The van der Waals surface area contributed by atoms with E-state index in [1.807, 2.05) is 19.9 Å². The van der Waals surface area contributed by atoms with Gasteiger partial charge in [-0.2, -0.15) is 0 Å². The molecule has 1 rings (SSSR count). The van der Waals surface area contributed by atoms with E-state index in [2.05, 4.69) is 56.1 Å². The lowest BCUT2D eigenvalue weighted by atomic mass is 10.2. The molecule has 0 saturated carbocycles. The van der Waals surface area contributed by atoms with Crippen LogP contribution in [-0.4, -0.2) is 11.9 Å². The predicted molar refractivity (Wildman–Crippen MR) is 68.7 cm³/mol. The molecule has 15 heavy (non-hydrogen) atoms. The van der Waals surface area contributed by atoms with Gasteiger partial charge >= 0.3 is 0 Å². The molecular formula is C14H23N. The molecule has 0 unspecified atom stereocenters. The number of allylic oxidation sites excluding steroid dienone is 2. The third-order valence-corrected chi connectivity index (χ3v) is 2.28. The van der Waals surface area contributed by atoms with Crippen LogP contribution in [0.3, 0.4) is 0 Å². The van der Waals surface area contributed by atoms with Crippen molar-refractivity contribution in [1.29, 1.82) is 0 Å². The Hall–Kier alpha value is -1.24. The monoisotopic (exact) mass is 205 g/mol. The van der Waals surface area contributed by atoms with Crippen molar-refractivity contribution in [3.8, 4) is 0 Å². The molecule has 0 spiro atoms. The van der Waals surface area contributed by atoms with Crippen LogP contribution in [0.15, 0.2) is 42.1 Å². The molecular weight excluding hydrogens is 182 g/mol. The third-order valence-electron chi connectivity index (χ3n) is 2.28. The fourth-order valence-electron chi connectivity index (χ4n) is 1.20. The molecule has 0 fully saturated rings. The summed E-state index contributed by atoms with van der Waals surface area (Å²) in [6.07, 6.45) is 2.13. The maximum Gasteiger partial charge on any atom is 0.0423 e. The summed E-state index contributed by atoms with van der Waals surface area (Å²) in [4.78, 5) is 2.25. The minimum Gasteiger partial charge on any atom is -0.374 e. The Morgan fingerprint density at radius 3 is 2.20 bits per heavy atom. The van der Waals surface area contributed by atoms with Crippen LogP contribution >= 0.6 is 0 Å². The summed E-state index contributed by atoms with van der Waals surface area (Å²) in [5.74, 6) is 0. The maximum atomic E-state index is 2.25. The molecule has 0 radical (unpaired) electrons. The largest absolute Gasteiger partial charge is 0.374 e. The summed E-state index contributed by atoms with van der Waals surface area (Å²) < 4.78 is 0. The van der Waals surface area contributed by atoms with E-state index in [0.29, 0.717) is 0 Å². The Balaban J connectivity index is 0.000000921. The van der Waals surface area contributed by atoms with Crippen LogP contribution in [0.4, 0.5) is 0 Å². The van der Waals surface area contributed by atoms with Gasteiger partial charge in [0.1, 0.15) is 0 Å². The van der Waals surface area contributed by atoms with E-state index in [9.17, 15) is 0 Å². The molecule has 0 N–H and O–H groups in total. The van der Waals surface area contributed by atoms with Crippen molar-refractivity contribution in [2.75, 3.05) is 7.05 Å². The van der Waals surface area contributed by atoms with Crippen LogP contribution in [0.2, 0.25) is 0 Å². The number of nitrogens with zero attached hydrogens (tertiary/aromatic N) is 1. The smallest absolute Gasteiger partial charge is 0.0423 e. The van der Waals surface area contributed by atoms with E-state index in [-0.39, 0.29) is 0 Å². The van der Waals surface area contributed by atoms with Gasteiger partial charge in [0, 0.05) is 19.3 Å². The summed E-state index contributed by atoms with van der Waals surface area (Å²) >= 11 is 0. The van der Waals surface area contributed by atoms with Gasteiger partial charge in [-0.3, -0.25) is 0 Å². The minimum absolute atomic E-state index is 0.983. The fraction of sp³-hybridized carbons (Fsp3) is 0.429. The van der Waals surface area contributed by atoms with Gasteiger partial charge < -0.3 is 4.90 Å². The van der Waals surface area contributed by atoms with Crippen LogP contribution < -0.4 is 0 Å². The first kappa shape index (κ1) is 13.8. The molecule has 0 aliphatic rings. The molecule has 1 heteroatoms. The molecule has 1 nitrogen and oxygen atoms in total. The first-order valence-corrected chi connectivity index (χ1v) is 5.62. The molecule has 0 amide bonds. The molecule has 0 aromatic heterocycles. The molecule has 0 aliphatic carbocycles. The molecule has 84 valence electrons. The third kappa shape index (κ3) is 5.26. The normalized spacial score (nSPS) is 10.3. The van der Waals surface area contributed by atoms with Gasteiger partial charge in [-0.25, -0.2) is 0 Å². The molecule has 0 atom stereocenters. The average molecular weight is 205 g/mol. The summed E-state index contributed by atoms with van der Waals surface area (Å²) in [6.45, 7) is 9.18. The van der Waals surface area contributed by atoms with Crippen LogP contribution in [0.5, 0.6) is 0 Å². The van der Waals surface area contributed by atoms with E-state index >= 15 is 0 Å². The average Bonchev–Trinajstić information content (AvgIpc) is 2.32. The van der Waals surface area contributed by atoms with Crippen molar-refractivity contribution >= 4 is 0 Å². The first-order valence-electron chi connectivity index (χ1n) is 5.62. The number of benzene rings is 1. The Bertz CT molecular complexity index is 275. The topological polar surface area (TPSA) is 3.24 Å². The van der Waals surface area contributed by atoms with Crippen LogP contribution in [0.1, 0.15) is 33.3 Å². The number of hydrogen-bond donors (Lipinski definition) is 0. The Labute approximate surface area is 94.4 Å². The second-order valence-electron chi connectivity index (χ2n) is 3.27. The highest BCUT2D eigenvalue weighted by Crippen LogP contribution is 2.07. The fourth-order valence-corrected chi connectivity index (χ4v) is 1.20. The summed E-state index contributed by atoms with van der Waals surface area (Å²) in [6, 6.07) is 10.5. The highest BCUT2D eigenvalue weighted by atomic mass is 15.1. The minimum atomic E-state index is 0.983. The summed E-state index contributed by atoms with van der Waals surface area (Å²) in [7, 11) is 2.11. The second kappa shape index (κ2) is 8.10. The SMILES string of the molecule is C/C=C(\C)N(C)Cc1ccccc1.CC. The molecule has 0 bridgehead atoms. The van der Waals surface area contributed by atoms with E-state index in [1.54, 1.807) is 0 Å². The lowest BCUT2D eigenvalue weighted by molar-refractivity contribution is 0.411. The van der Waals surface area contributed by atoms with Crippen molar-refractivity contribution < 1.29 is 0 Å². The van der Waals surface area contributed by atoms with Crippen molar-refractivity contribution in [3.63, 3.8) is 0 Å². The van der Waals surface area contributed by atoms with Crippen LogP contribution in [0, 0.1) is 0 Å². The molecule has 0 saturated heterocycles. The van der Waals surface area contributed by atoms with Gasteiger partial charge in [-0.15, -0.1) is 0 Å². The van der Waals surface area contributed by atoms with Crippen molar-refractivity contribution in [1.82, 2.24) is 4.90 Å². The Morgan fingerprint density at radius 1 is 1.20 bits per heavy atom. The number of rotatable bonds is 3. The lowest BCUT2D eigenvalue weighted by Crippen LogP contribution is -2.14. The highest BCUT2D eigenvalue weighted by molar-refractivity contribution is 5.15.